The maximum atomic E-state index is 11.2. The number of aromatic nitrogens is 12. The van der Waals surface area contributed by atoms with Crippen LogP contribution in [0, 0.1) is 37.0 Å². The lowest BCUT2D eigenvalue weighted by Gasteiger charge is -2.27. The molecule has 15 atom stereocenters. The van der Waals surface area contributed by atoms with Crippen LogP contribution in [0.15, 0.2) is 142 Å². The number of hydrogen-bond donors (Lipinski definition) is 10. The molecule has 0 radical (unpaired) electrons. The Bertz CT molecular complexity index is 4680. The number of aliphatic hydroxyl groups excluding tert-OH is 6. The number of aliphatic hydroxyl groups is 6. The number of halogens is 3. The molecule has 24 nitrogen and oxygen atoms in total. The molecule has 6 aliphatic rings. The van der Waals surface area contributed by atoms with Gasteiger partial charge in [-0.25, -0.2) is 44.9 Å². The van der Waals surface area contributed by atoms with Gasteiger partial charge in [-0.1, -0.05) is 36.4 Å². The van der Waals surface area contributed by atoms with Crippen molar-refractivity contribution in [1.29, 1.82) is 0 Å². The zero-order chi connectivity index (χ0) is 68.7. The molecule has 3 aliphatic carbocycles. The van der Waals surface area contributed by atoms with Gasteiger partial charge in [0.15, 0.2) is 0 Å². The predicted octanol–water partition coefficient (Wildman–Crippen LogP) is 9.91. The summed E-state index contributed by atoms with van der Waals surface area (Å²) in [6, 6.07) is 29.3. The summed E-state index contributed by atoms with van der Waals surface area (Å²) in [5, 5.41) is 76.1. The van der Waals surface area contributed by atoms with Gasteiger partial charge in [0.2, 0.25) is 0 Å². The Balaban J connectivity index is 0.000000116. The zero-order valence-corrected chi connectivity index (χ0v) is 58.9. The van der Waals surface area contributed by atoms with Crippen LogP contribution in [-0.4, -0.2) is 146 Å². The normalized spacial score (nSPS) is 29.6. The van der Waals surface area contributed by atoms with Crippen molar-refractivity contribution in [2.75, 3.05) is 37.0 Å². The first kappa shape index (κ1) is 65.8. The van der Waals surface area contributed by atoms with Crippen LogP contribution < -0.4 is 22.5 Å². The molecule has 3 spiro atoms. The standard InChI is InChI=1S/C24H25BrN6O2.2C24H24BrN5O3/c1-12-15-4-5-31(23(15)29-11-28-12)19-9-24(21(33)20(19)32)8-18(27-10-24)14-3-2-13-6-16(25)22(26)30-17(13)7-14;2*1-12-15-4-5-30(23(15)28-11-27-12)18-8-24(21(32)20(18)31)9-19(33-10-24)14-3-2-13-6-16(25)22(26)29-17(13)7-14/h2-7,11,18-21,27,32-33H,8-10H2,1H3,(H2,26,30);2*2-7,11,18-21,31-32H,8-10H2,1H3,(H2,26,29)/t18-,19-,20+,21+,24+;18-,19+,20+,21+,24-;18-,19-,20+,21+,24-/m111/s1. The van der Waals surface area contributed by atoms with E-state index in [0.29, 0.717) is 69.3 Å². The minimum atomic E-state index is -0.909. The summed E-state index contributed by atoms with van der Waals surface area (Å²) in [6.45, 7) is 7.23. The second-order valence-electron chi connectivity index (χ2n) is 28.0. The lowest BCUT2D eigenvalue weighted by molar-refractivity contribution is -0.0309. The number of aryl methyl sites for hydroxylation is 3. The highest BCUT2D eigenvalue weighted by Crippen LogP contribution is 2.58. The van der Waals surface area contributed by atoms with Crippen molar-refractivity contribution in [2.45, 2.75) is 132 Å². The molecule has 0 unspecified atom stereocenters. The van der Waals surface area contributed by atoms with E-state index in [1.807, 2.05) is 132 Å². The van der Waals surface area contributed by atoms with Crippen LogP contribution in [0.4, 0.5) is 17.5 Å². The molecule has 13 N–H and O–H groups in total. The van der Waals surface area contributed by atoms with Gasteiger partial charge >= 0.3 is 0 Å². The largest absolute Gasteiger partial charge is 0.390 e. The van der Waals surface area contributed by atoms with Gasteiger partial charge in [-0.15, -0.1) is 0 Å². The molecule has 99 heavy (non-hydrogen) atoms. The van der Waals surface area contributed by atoms with E-state index in [4.69, 9.17) is 26.7 Å². The fraction of sp³-hybridized carbons (Fsp3) is 0.375. The Morgan fingerprint density at radius 1 is 0.434 bits per heavy atom. The van der Waals surface area contributed by atoms with Crippen molar-refractivity contribution in [3.8, 4) is 0 Å². The van der Waals surface area contributed by atoms with Gasteiger partial charge in [0.05, 0.1) is 109 Å². The van der Waals surface area contributed by atoms with E-state index in [0.717, 1.165) is 119 Å². The Labute approximate surface area is 592 Å². The fourth-order valence-electron chi connectivity index (χ4n) is 16.8. The van der Waals surface area contributed by atoms with Crippen molar-refractivity contribution in [2.24, 2.45) is 16.2 Å². The van der Waals surface area contributed by atoms with E-state index in [1.54, 1.807) is 6.33 Å². The molecule has 3 aliphatic heterocycles. The fourth-order valence-corrected chi connectivity index (χ4v) is 17.8. The molecule has 27 heteroatoms. The highest BCUT2D eigenvalue weighted by molar-refractivity contribution is 9.11. The van der Waals surface area contributed by atoms with Crippen molar-refractivity contribution in [3.05, 3.63) is 176 Å². The molecule has 3 aromatic carbocycles. The summed E-state index contributed by atoms with van der Waals surface area (Å²) in [4.78, 5) is 39.5. The van der Waals surface area contributed by atoms with Crippen LogP contribution >= 0.6 is 47.8 Å². The number of benzene rings is 3. The van der Waals surface area contributed by atoms with Gasteiger partial charge in [0.1, 0.15) is 71.7 Å². The maximum absolute atomic E-state index is 11.2. The number of nitrogens with zero attached hydrogens (tertiary/aromatic N) is 12. The zero-order valence-electron chi connectivity index (χ0n) is 54.1. The number of ether oxygens (including phenoxy) is 2. The summed E-state index contributed by atoms with van der Waals surface area (Å²) in [6.07, 6.45) is 8.59. The molecule has 6 fully saturated rings. The number of nitrogens with one attached hydrogen (secondary N) is 1. The summed E-state index contributed by atoms with van der Waals surface area (Å²) in [5.41, 5.74) is 27.0. The van der Waals surface area contributed by atoms with Gasteiger partial charge < -0.3 is 76.3 Å². The summed E-state index contributed by atoms with van der Waals surface area (Å²) in [5.74, 6) is 1.35. The van der Waals surface area contributed by atoms with Crippen LogP contribution in [0.5, 0.6) is 0 Å². The van der Waals surface area contributed by atoms with E-state index in [9.17, 15) is 30.6 Å². The number of rotatable bonds is 6. The molecule has 0 bridgehead atoms. The highest BCUT2D eigenvalue weighted by Gasteiger charge is 2.60. The van der Waals surface area contributed by atoms with Gasteiger partial charge in [-0.2, -0.15) is 0 Å². The van der Waals surface area contributed by atoms with Crippen LogP contribution in [0.25, 0.3) is 65.8 Å². The quantitative estimate of drug-likeness (QED) is 0.0740. The van der Waals surface area contributed by atoms with Crippen molar-refractivity contribution < 1.29 is 40.1 Å². The van der Waals surface area contributed by atoms with Gasteiger partial charge in [0.25, 0.3) is 0 Å². The Kier molecular flexibility index (Phi) is 16.7. The van der Waals surface area contributed by atoms with E-state index in [-0.39, 0.29) is 36.4 Å². The number of fused-ring (bicyclic) bond motifs is 6. The minimum absolute atomic E-state index is 0.0626. The van der Waals surface area contributed by atoms with Crippen molar-refractivity contribution >= 4 is 131 Å². The number of pyridine rings is 3. The van der Waals surface area contributed by atoms with E-state index in [2.05, 4.69) is 110 Å². The summed E-state index contributed by atoms with van der Waals surface area (Å²) >= 11 is 10.3. The molecule has 18 rings (SSSR count). The smallest absolute Gasteiger partial charge is 0.143 e. The third-order valence-corrected chi connectivity index (χ3v) is 24.2. The monoisotopic (exact) mass is 1530 g/mol. The summed E-state index contributed by atoms with van der Waals surface area (Å²) < 4.78 is 20.7. The predicted molar refractivity (Wildman–Crippen MR) is 385 cm³/mol. The van der Waals surface area contributed by atoms with Crippen LogP contribution in [0.2, 0.25) is 0 Å². The highest BCUT2D eigenvalue weighted by atomic mass is 79.9. The van der Waals surface area contributed by atoms with Gasteiger partial charge in [0, 0.05) is 79.7 Å². The minimum Gasteiger partial charge on any atom is -0.390 e. The van der Waals surface area contributed by atoms with E-state index < -0.39 is 52.9 Å². The van der Waals surface area contributed by atoms with Gasteiger partial charge in [-0.3, -0.25) is 0 Å². The average Bonchev–Trinajstić information content (AvgIpc) is 1.69. The second kappa shape index (κ2) is 25.1. The number of nitrogens with two attached hydrogens (primary N) is 3. The number of nitrogen functional groups attached to an aromatic ring is 3. The molecule has 0 amide bonds. The molecule has 12 heterocycles. The van der Waals surface area contributed by atoms with Crippen LogP contribution in [0.1, 0.15) is 109 Å². The molecule has 9 aromatic heterocycles. The second-order valence-corrected chi connectivity index (χ2v) is 30.6. The van der Waals surface area contributed by atoms with Crippen molar-refractivity contribution in [1.82, 2.24) is 63.9 Å². The first-order valence-electron chi connectivity index (χ1n) is 33.1. The maximum Gasteiger partial charge on any atom is 0.143 e. The molecule has 3 saturated heterocycles. The topological polar surface area (TPSA) is 361 Å². The average molecular weight is 1530 g/mol. The van der Waals surface area contributed by atoms with E-state index >= 15 is 0 Å². The number of hydrogen-bond acceptors (Lipinski definition) is 21. The van der Waals surface area contributed by atoms with Gasteiger partial charge in [-0.05, 0) is 178 Å². The first-order chi connectivity index (χ1) is 47.6. The molecule has 12 aromatic rings. The molecular weight excluding hydrogens is 1460 g/mol. The Hall–Kier alpha value is -7.77. The van der Waals surface area contributed by atoms with Crippen molar-refractivity contribution in [3.63, 3.8) is 0 Å². The third kappa shape index (κ3) is 11.2. The number of anilines is 3. The third-order valence-electron chi connectivity index (χ3n) is 22.3. The van der Waals surface area contributed by atoms with Crippen LogP contribution in [0.3, 0.4) is 0 Å². The lowest BCUT2D eigenvalue weighted by Crippen LogP contribution is -2.38. The lowest BCUT2D eigenvalue weighted by atomic mass is 9.80. The van der Waals surface area contributed by atoms with Crippen LogP contribution in [-0.2, 0) is 9.47 Å². The molecular formula is C72H73Br3N16O8. The van der Waals surface area contributed by atoms with E-state index in [1.165, 1.54) is 12.7 Å². The summed E-state index contributed by atoms with van der Waals surface area (Å²) in [7, 11) is 0. The Morgan fingerprint density at radius 3 is 1.16 bits per heavy atom. The SMILES string of the molecule is Cc1ncnc2c1ccn2[C@@H]1C[C@@]2(CN[C@@H](c3ccc4cc(Br)c(N)nc4c3)C2)[C@@H](O)[C@H]1O.Cc1ncnc2c1ccn2[C@@H]1C[C@@]2(CO[C@@H](c3ccc4cc(Br)c(N)nc4c3)C2)[C@@H](O)[C@H]1O.Cc1ncnc2c1ccn2[C@@H]1C[C@@]2(CO[C@H](c3ccc4cc(Br)c(N)nc4c3)C2)[C@@H](O)[C@H]1O. The Morgan fingerprint density at radius 2 is 0.778 bits per heavy atom. The molecule has 510 valence electrons. The molecule has 3 saturated carbocycles. The first-order valence-corrected chi connectivity index (χ1v) is 35.4.